The molecular weight excluding hydrogens is 961 g/mol. The Hall–Kier alpha value is -9.80. The fourth-order valence-corrected chi connectivity index (χ4v) is 12.5. The van der Waals surface area contributed by atoms with E-state index in [-0.39, 0.29) is 0 Å². The summed E-state index contributed by atoms with van der Waals surface area (Å²) in [6.45, 7) is 0. The lowest BCUT2D eigenvalue weighted by atomic mass is 10.1. The van der Waals surface area contributed by atoms with Gasteiger partial charge in [0.25, 0.3) is 0 Å². The first-order chi connectivity index (χ1) is 39.7. The largest absolute Gasteiger partial charge is 0.124 e. The van der Waals surface area contributed by atoms with Crippen LogP contribution in [0, 0.1) is 12.8 Å². The molecule has 12 aromatic rings. The van der Waals surface area contributed by atoms with Gasteiger partial charge in [0.2, 0.25) is 0 Å². The van der Waals surface area contributed by atoms with E-state index in [1.807, 2.05) is 0 Å². The zero-order valence-electron chi connectivity index (χ0n) is 45.1. The van der Waals surface area contributed by atoms with E-state index in [9.17, 15) is 0 Å². The lowest BCUT2D eigenvalue weighted by Gasteiger charge is -1.98. The van der Waals surface area contributed by atoms with E-state index in [1.54, 1.807) is 0 Å². The number of terminal acetylenes is 1. The summed E-state index contributed by atoms with van der Waals surface area (Å²) in [4.78, 5) is 0. The van der Waals surface area contributed by atoms with Crippen LogP contribution in [-0.2, 0) is 38.5 Å². The van der Waals surface area contributed by atoms with Gasteiger partial charge < -0.3 is 0 Å². The molecule has 80 heavy (non-hydrogen) atoms. The van der Waals surface area contributed by atoms with Crippen molar-refractivity contribution in [3.63, 3.8) is 0 Å². The number of hydrogen-bond donors (Lipinski definition) is 0. The predicted octanol–water partition coefficient (Wildman–Crippen LogP) is 19.8. The normalized spacial score (nSPS) is 12.0. The average Bonchev–Trinajstić information content (AvgIpc) is 4.41. The highest BCUT2D eigenvalue weighted by molar-refractivity contribution is 5.81. The molecule has 0 amide bonds. The molecule has 18 rings (SSSR count). The van der Waals surface area contributed by atoms with Crippen LogP contribution < -0.4 is 0 Å². The Balaban J connectivity index is 0.0000000949. The van der Waals surface area contributed by atoms with Crippen LogP contribution in [0.1, 0.15) is 66.8 Å². The minimum atomic E-state index is 1.10. The topological polar surface area (TPSA) is 0 Å². The molecule has 382 valence electrons. The number of benzene rings is 12. The zero-order valence-corrected chi connectivity index (χ0v) is 45.1. The fourth-order valence-electron chi connectivity index (χ4n) is 12.5. The Kier molecular flexibility index (Phi) is 15.2. The van der Waals surface area contributed by atoms with Crippen molar-refractivity contribution in [1.29, 1.82) is 0 Å². The standard InChI is InChI=1S/6C13H10.C2H2/c6*1-3-7-12-10(5-1)9-11-6-2-4-8-13(11)12;1-2/h6*1-8H,9H2;1-2H. The molecule has 0 saturated heterocycles. The molecule has 0 heterocycles. The summed E-state index contributed by atoms with van der Waals surface area (Å²) in [6, 6.07) is 104. The maximum absolute atomic E-state index is 4.00. The molecule has 0 saturated carbocycles. The second kappa shape index (κ2) is 23.8. The van der Waals surface area contributed by atoms with Gasteiger partial charge in [-0.15, -0.1) is 12.8 Å². The summed E-state index contributed by atoms with van der Waals surface area (Å²) in [5.74, 6) is 0. The molecule has 0 radical (unpaired) electrons. The molecule has 12 aromatic carbocycles. The molecule has 0 aromatic heterocycles. The molecule has 0 bridgehead atoms. The van der Waals surface area contributed by atoms with Crippen molar-refractivity contribution < 1.29 is 0 Å². The van der Waals surface area contributed by atoms with E-state index in [0.717, 1.165) is 38.5 Å². The Labute approximate surface area is 473 Å². The van der Waals surface area contributed by atoms with Gasteiger partial charge in [0, 0.05) is 0 Å². The second-order valence-electron chi connectivity index (χ2n) is 20.9. The zero-order chi connectivity index (χ0) is 54.0. The third-order valence-corrected chi connectivity index (χ3v) is 16.2. The minimum Gasteiger partial charge on any atom is -0.124 e. The van der Waals surface area contributed by atoms with Crippen LogP contribution in [0.2, 0.25) is 0 Å². The molecule has 0 aliphatic heterocycles. The molecule has 0 fully saturated rings. The van der Waals surface area contributed by atoms with Crippen molar-refractivity contribution >= 4 is 0 Å². The number of fused-ring (bicyclic) bond motifs is 18. The van der Waals surface area contributed by atoms with Crippen molar-refractivity contribution in [3.05, 3.63) is 358 Å². The summed E-state index contributed by atoms with van der Waals surface area (Å²) in [5.41, 5.74) is 34.5. The van der Waals surface area contributed by atoms with Crippen molar-refractivity contribution in [3.8, 4) is 79.6 Å². The van der Waals surface area contributed by atoms with Crippen LogP contribution in [0.25, 0.3) is 66.8 Å². The van der Waals surface area contributed by atoms with Gasteiger partial charge in [0.15, 0.2) is 0 Å². The summed E-state index contributed by atoms with van der Waals surface area (Å²) < 4.78 is 0. The maximum Gasteiger partial charge on any atom is -0.00135 e. The Morgan fingerprint density at radius 3 is 0.287 bits per heavy atom. The first-order valence-electron chi connectivity index (χ1n) is 28.0. The molecule has 0 spiro atoms. The van der Waals surface area contributed by atoms with Gasteiger partial charge in [-0.1, -0.05) is 291 Å². The molecule has 0 atom stereocenters. The molecule has 0 unspecified atom stereocenters. The van der Waals surface area contributed by atoms with Gasteiger partial charge in [0.1, 0.15) is 0 Å². The fraction of sp³-hybridized carbons (Fsp3) is 0.0750. The summed E-state index contributed by atoms with van der Waals surface area (Å²) in [6.07, 6.45) is 14.6. The van der Waals surface area contributed by atoms with E-state index in [1.165, 1.54) is 134 Å². The summed E-state index contributed by atoms with van der Waals surface area (Å²) in [7, 11) is 0. The van der Waals surface area contributed by atoms with Gasteiger partial charge in [-0.3, -0.25) is 0 Å². The van der Waals surface area contributed by atoms with Crippen LogP contribution in [0.4, 0.5) is 0 Å². The highest BCUT2D eigenvalue weighted by atomic mass is 14.2. The quantitative estimate of drug-likeness (QED) is 0.133. The molecule has 0 N–H and O–H groups in total. The third kappa shape index (κ3) is 10.6. The Morgan fingerprint density at radius 2 is 0.200 bits per heavy atom. The highest BCUT2D eigenvalue weighted by Crippen LogP contribution is 2.40. The van der Waals surface area contributed by atoms with Gasteiger partial charge in [-0.05, 0) is 172 Å². The molecule has 0 nitrogen and oxygen atoms in total. The van der Waals surface area contributed by atoms with E-state index in [0.29, 0.717) is 0 Å². The Morgan fingerprint density at radius 1 is 0.125 bits per heavy atom. The monoisotopic (exact) mass is 1020 g/mol. The molecule has 6 aliphatic rings. The van der Waals surface area contributed by atoms with Crippen molar-refractivity contribution in [1.82, 2.24) is 0 Å². The summed E-state index contributed by atoms with van der Waals surface area (Å²) in [5, 5.41) is 0. The van der Waals surface area contributed by atoms with E-state index < -0.39 is 0 Å². The molecule has 0 heteroatoms. The van der Waals surface area contributed by atoms with Crippen LogP contribution in [-0.4, -0.2) is 0 Å². The van der Waals surface area contributed by atoms with Gasteiger partial charge >= 0.3 is 0 Å². The third-order valence-electron chi connectivity index (χ3n) is 16.2. The first kappa shape index (κ1) is 51.0. The van der Waals surface area contributed by atoms with Crippen molar-refractivity contribution in [2.75, 3.05) is 0 Å². The van der Waals surface area contributed by atoms with E-state index in [2.05, 4.69) is 304 Å². The van der Waals surface area contributed by atoms with Crippen molar-refractivity contribution in [2.45, 2.75) is 38.5 Å². The number of hydrogen-bond acceptors (Lipinski definition) is 0. The highest BCUT2D eigenvalue weighted by Gasteiger charge is 2.21. The van der Waals surface area contributed by atoms with Gasteiger partial charge in [-0.2, -0.15) is 0 Å². The lowest BCUT2D eigenvalue weighted by Crippen LogP contribution is -1.77. The van der Waals surface area contributed by atoms with Crippen LogP contribution >= 0.6 is 0 Å². The van der Waals surface area contributed by atoms with Crippen molar-refractivity contribution in [2.24, 2.45) is 0 Å². The Bertz CT molecular complexity index is 3210. The first-order valence-corrected chi connectivity index (χ1v) is 28.0. The number of rotatable bonds is 0. The van der Waals surface area contributed by atoms with Crippen LogP contribution in [0.5, 0.6) is 0 Å². The average molecular weight is 1020 g/mol. The SMILES string of the molecule is C#C.c1ccc2c(c1)Cc1ccccc1-2.c1ccc2c(c1)Cc1ccccc1-2.c1ccc2c(c1)Cc1ccccc1-2.c1ccc2c(c1)Cc1ccccc1-2.c1ccc2c(c1)Cc1ccccc1-2.c1ccc2c(c1)Cc1ccccc1-2. The maximum atomic E-state index is 4.00. The predicted molar refractivity (Wildman–Crippen MR) is 338 cm³/mol. The van der Waals surface area contributed by atoms with E-state index >= 15 is 0 Å². The smallest absolute Gasteiger partial charge is 0.00135 e. The second-order valence-corrected chi connectivity index (χ2v) is 20.9. The van der Waals surface area contributed by atoms with Gasteiger partial charge in [0.05, 0.1) is 0 Å². The minimum absolute atomic E-state index is 1.10. The molecular formula is C80H62. The lowest BCUT2D eigenvalue weighted by molar-refractivity contribution is 1.26. The van der Waals surface area contributed by atoms with Gasteiger partial charge in [-0.25, -0.2) is 0 Å². The molecule has 6 aliphatic carbocycles. The van der Waals surface area contributed by atoms with E-state index in [4.69, 9.17) is 0 Å². The summed E-state index contributed by atoms with van der Waals surface area (Å²) >= 11 is 0. The van der Waals surface area contributed by atoms with Crippen LogP contribution in [0.3, 0.4) is 0 Å². The van der Waals surface area contributed by atoms with Crippen LogP contribution in [0.15, 0.2) is 291 Å².